The number of para-hydroxylation sites is 2. The zero-order chi connectivity index (χ0) is 16.5. The van der Waals surface area contributed by atoms with Crippen LogP contribution in [0.5, 0.6) is 0 Å². The minimum atomic E-state index is -0.988. The van der Waals surface area contributed by atoms with Gasteiger partial charge in [-0.05, 0) is 31.2 Å². The van der Waals surface area contributed by atoms with Crippen molar-refractivity contribution in [1.82, 2.24) is 0 Å². The van der Waals surface area contributed by atoms with Crippen molar-refractivity contribution >= 4 is 23.3 Å². The maximum atomic E-state index is 11.2. The van der Waals surface area contributed by atoms with Crippen LogP contribution in [0.1, 0.15) is 27.6 Å². The molecule has 2 aromatic carbocycles. The van der Waals surface area contributed by atoms with E-state index in [1.54, 1.807) is 49.4 Å². The van der Waals surface area contributed by atoms with Gasteiger partial charge in [0.25, 0.3) is 0 Å². The molecular weight excluding hydrogens is 284 g/mol. The van der Waals surface area contributed by atoms with E-state index >= 15 is 0 Å². The lowest BCUT2D eigenvalue weighted by atomic mass is 10.2. The Kier molecular flexibility index (Phi) is 6.43. The van der Waals surface area contributed by atoms with Crippen LogP contribution >= 0.6 is 0 Å². The van der Waals surface area contributed by atoms with Gasteiger partial charge >= 0.3 is 11.9 Å². The lowest BCUT2D eigenvalue weighted by molar-refractivity contribution is 0.0527. The Morgan fingerprint density at radius 2 is 1.41 bits per heavy atom. The summed E-state index contributed by atoms with van der Waals surface area (Å²) in [5.41, 5.74) is 12.2. The van der Waals surface area contributed by atoms with Gasteiger partial charge in [-0.1, -0.05) is 24.3 Å². The largest absolute Gasteiger partial charge is 0.478 e. The minimum Gasteiger partial charge on any atom is -0.478 e. The van der Waals surface area contributed by atoms with Crippen LogP contribution in [0.25, 0.3) is 0 Å². The molecule has 0 amide bonds. The molecule has 0 spiro atoms. The molecule has 0 aliphatic carbocycles. The molecule has 0 saturated carbocycles. The van der Waals surface area contributed by atoms with Gasteiger partial charge in [-0.25, -0.2) is 9.59 Å². The van der Waals surface area contributed by atoms with Gasteiger partial charge in [-0.3, -0.25) is 0 Å². The Labute approximate surface area is 128 Å². The standard InChI is InChI=1S/C9H11NO2.C7H7NO2/c1-2-12-9(11)7-5-3-4-6-8(7)10;8-6-4-2-1-3-5(6)7(9)10/h3-6H,2,10H2,1H3;1-4H,8H2,(H,9,10). The third-order valence-electron chi connectivity index (χ3n) is 2.65. The number of rotatable bonds is 3. The number of nitrogens with two attached hydrogens (primary N) is 2. The maximum absolute atomic E-state index is 11.2. The summed E-state index contributed by atoms with van der Waals surface area (Å²) >= 11 is 0. The first kappa shape index (κ1) is 17.0. The number of carboxylic acid groups (broad SMARTS) is 1. The average Bonchev–Trinajstić information content (AvgIpc) is 2.48. The van der Waals surface area contributed by atoms with E-state index in [0.29, 0.717) is 23.5 Å². The first-order valence-electron chi connectivity index (χ1n) is 6.56. The first-order valence-corrected chi connectivity index (χ1v) is 6.56. The summed E-state index contributed by atoms with van der Waals surface area (Å²) in [4.78, 5) is 21.5. The van der Waals surface area contributed by atoms with E-state index < -0.39 is 5.97 Å². The Bertz CT molecular complexity index is 656. The SMILES string of the molecule is CCOC(=O)c1ccccc1N.Nc1ccccc1C(=O)O. The molecular formula is C16H18N2O4. The van der Waals surface area contributed by atoms with E-state index in [0.717, 1.165) is 0 Å². The Morgan fingerprint density at radius 1 is 0.955 bits per heavy atom. The molecule has 0 fully saturated rings. The van der Waals surface area contributed by atoms with Crippen molar-refractivity contribution in [2.75, 3.05) is 18.1 Å². The third-order valence-corrected chi connectivity index (χ3v) is 2.65. The second kappa shape index (κ2) is 8.31. The molecule has 0 aromatic heterocycles. The molecule has 0 aliphatic rings. The Hall–Kier alpha value is -3.02. The fraction of sp³-hybridized carbons (Fsp3) is 0.125. The fourth-order valence-electron chi connectivity index (χ4n) is 1.58. The highest BCUT2D eigenvalue weighted by Crippen LogP contribution is 2.11. The zero-order valence-corrected chi connectivity index (χ0v) is 12.2. The highest BCUT2D eigenvalue weighted by atomic mass is 16.5. The Morgan fingerprint density at radius 3 is 1.77 bits per heavy atom. The monoisotopic (exact) mass is 302 g/mol. The van der Waals surface area contributed by atoms with E-state index in [1.165, 1.54) is 6.07 Å². The molecule has 0 bridgehead atoms. The number of carbonyl (C=O) groups is 2. The van der Waals surface area contributed by atoms with E-state index in [1.807, 2.05) is 0 Å². The predicted octanol–water partition coefficient (Wildman–Crippen LogP) is 2.41. The van der Waals surface area contributed by atoms with Gasteiger partial charge in [0.1, 0.15) is 0 Å². The van der Waals surface area contributed by atoms with Crippen molar-refractivity contribution in [1.29, 1.82) is 0 Å². The number of anilines is 2. The number of esters is 1. The van der Waals surface area contributed by atoms with Gasteiger partial charge in [0.15, 0.2) is 0 Å². The topological polar surface area (TPSA) is 116 Å². The van der Waals surface area contributed by atoms with Gasteiger partial charge in [-0.15, -0.1) is 0 Å². The smallest absolute Gasteiger partial charge is 0.340 e. The molecule has 5 N–H and O–H groups in total. The highest BCUT2D eigenvalue weighted by Gasteiger charge is 2.08. The van der Waals surface area contributed by atoms with E-state index in [2.05, 4.69) is 0 Å². The summed E-state index contributed by atoms with van der Waals surface area (Å²) in [7, 11) is 0. The number of benzene rings is 2. The van der Waals surface area contributed by atoms with Crippen molar-refractivity contribution in [3.8, 4) is 0 Å². The summed E-state index contributed by atoms with van der Waals surface area (Å²) in [6.45, 7) is 2.13. The fourth-order valence-corrected chi connectivity index (χ4v) is 1.58. The molecule has 0 heterocycles. The van der Waals surface area contributed by atoms with Gasteiger partial charge < -0.3 is 21.3 Å². The first-order chi connectivity index (χ1) is 10.5. The van der Waals surface area contributed by atoms with Crippen LogP contribution < -0.4 is 11.5 Å². The molecule has 116 valence electrons. The third kappa shape index (κ3) is 4.82. The second-order valence-corrected chi connectivity index (χ2v) is 4.20. The summed E-state index contributed by atoms with van der Waals surface area (Å²) in [5.74, 6) is -1.35. The molecule has 2 rings (SSSR count). The van der Waals surface area contributed by atoms with Crippen molar-refractivity contribution < 1.29 is 19.4 Å². The number of hydrogen-bond acceptors (Lipinski definition) is 5. The van der Waals surface area contributed by atoms with Crippen molar-refractivity contribution in [2.45, 2.75) is 6.92 Å². The van der Waals surface area contributed by atoms with Gasteiger partial charge in [0, 0.05) is 11.4 Å². The number of carbonyl (C=O) groups excluding carboxylic acids is 1. The number of carboxylic acids is 1. The molecule has 0 radical (unpaired) electrons. The van der Waals surface area contributed by atoms with Crippen LogP contribution in [0.2, 0.25) is 0 Å². The zero-order valence-electron chi connectivity index (χ0n) is 12.2. The van der Waals surface area contributed by atoms with Crippen molar-refractivity contribution in [3.63, 3.8) is 0 Å². The average molecular weight is 302 g/mol. The van der Waals surface area contributed by atoms with Gasteiger partial charge in [-0.2, -0.15) is 0 Å². The number of nitrogen functional groups attached to an aromatic ring is 2. The summed E-state index contributed by atoms with van der Waals surface area (Å²) in [5, 5.41) is 8.49. The molecule has 2 aromatic rings. The number of hydrogen-bond donors (Lipinski definition) is 3. The maximum Gasteiger partial charge on any atom is 0.340 e. The normalized spacial score (nSPS) is 9.32. The predicted molar refractivity (Wildman–Crippen MR) is 84.6 cm³/mol. The van der Waals surface area contributed by atoms with Gasteiger partial charge in [0.2, 0.25) is 0 Å². The molecule has 6 nitrogen and oxygen atoms in total. The lowest BCUT2D eigenvalue weighted by Gasteiger charge is -2.03. The van der Waals surface area contributed by atoms with E-state index in [-0.39, 0.29) is 11.5 Å². The molecule has 0 atom stereocenters. The van der Waals surface area contributed by atoms with Crippen LogP contribution in [-0.2, 0) is 4.74 Å². The van der Waals surface area contributed by atoms with Crippen molar-refractivity contribution in [3.05, 3.63) is 59.7 Å². The molecule has 22 heavy (non-hydrogen) atoms. The molecule has 0 aliphatic heterocycles. The Balaban J connectivity index is 0.000000224. The van der Waals surface area contributed by atoms with E-state index in [4.69, 9.17) is 21.3 Å². The molecule has 0 saturated heterocycles. The number of ether oxygens (including phenoxy) is 1. The quantitative estimate of drug-likeness (QED) is 0.592. The molecule has 0 unspecified atom stereocenters. The minimum absolute atomic E-state index is 0.155. The van der Waals surface area contributed by atoms with Crippen LogP contribution in [0.3, 0.4) is 0 Å². The van der Waals surface area contributed by atoms with E-state index in [9.17, 15) is 9.59 Å². The lowest BCUT2D eigenvalue weighted by Crippen LogP contribution is -2.07. The van der Waals surface area contributed by atoms with Crippen LogP contribution in [0, 0.1) is 0 Å². The summed E-state index contributed by atoms with van der Waals surface area (Å²) in [6.07, 6.45) is 0. The summed E-state index contributed by atoms with van der Waals surface area (Å²) in [6, 6.07) is 13.2. The number of aromatic carboxylic acids is 1. The van der Waals surface area contributed by atoms with Crippen molar-refractivity contribution in [2.24, 2.45) is 0 Å². The second-order valence-electron chi connectivity index (χ2n) is 4.20. The van der Waals surface area contributed by atoms with Gasteiger partial charge in [0.05, 0.1) is 17.7 Å². The van der Waals surface area contributed by atoms with Crippen LogP contribution in [0.15, 0.2) is 48.5 Å². The summed E-state index contributed by atoms with van der Waals surface area (Å²) < 4.78 is 4.79. The van der Waals surface area contributed by atoms with Crippen LogP contribution in [-0.4, -0.2) is 23.7 Å². The molecule has 6 heteroatoms. The van der Waals surface area contributed by atoms with Crippen LogP contribution in [0.4, 0.5) is 11.4 Å². The highest BCUT2D eigenvalue weighted by molar-refractivity contribution is 5.95.